The van der Waals surface area contributed by atoms with E-state index >= 15 is 0 Å². The highest BCUT2D eigenvalue weighted by atomic mass is 35.5. The Labute approximate surface area is 97.8 Å². The lowest BCUT2D eigenvalue weighted by Gasteiger charge is -2.11. The monoisotopic (exact) mass is 260 g/mol. The minimum Gasteiger partial charge on any atom is -0.480 e. The minimum absolute atomic E-state index is 0.0109. The van der Waals surface area contributed by atoms with Crippen LogP contribution in [0, 0.1) is 0 Å². The molecule has 0 heterocycles. The van der Waals surface area contributed by atoms with Crippen LogP contribution in [0.4, 0.5) is 0 Å². The molecule has 0 bridgehead atoms. The van der Waals surface area contributed by atoms with E-state index < -0.39 is 20.6 Å². The number of sulfone groups is 1. The minimum atomic E-state index is -3.80. The first kappa shape index (κ1) is 11.4. The summed E-state index contributed by atoms with van der Waals surface area (Å²) >= 11 is 5.64. The predicted molar refractivity (Wildman–Crippen MR) is 58.2 cm³/mol. The summed E-state index contributed by atoms with van der Waals surface area (Å²) in [5, 5.41) is 9.37. The molecule has 0 amide bonds. The van der Waals surface area contributed by atoms with Gasteiger partial charge in [-0.2, -0.15) is 0 Å². The standard InChI is InChI=1S/C10H9ClO4S/c11-7-1-3-8(4-2-7)16(14,15)10(5-6-10)9(12)13/h1-4H,5-6H2,(H,12,13). The smallest absolute Gasteiger partial charge is 0.325 e. The molecular weight excluding hydrogens is 252 g/mol. The molecule has 0 aromatic heterocycles. The average Bonchev–Trinajstić information content (AvgIpc) is 2.98. The Hall–Kier alpha value is -1.07. The summed E-state index contributed by atoms with van der Waals surface area (Å²) < 4.78 is 22.5. The number of carboxylic acids is 1. The predicted octanol–water partition coefficient (Wildman–Crippen LogP) is 1.73. The van der Waals surface area contributed by atoms with E-state index in [0.29, 0.717) is 5.02 Å². The Bertz CT molecular complexity index is 528. The van der Waals surface area contributed by atoms with Gasteiger partial charge in [-0.05, 0) is 37.1 Å². The van der Waals surface area contributed by atoms with Gasteiger partial charge in [-0.25, -0.2) is 8.42 Å². The number of halogens is 1. The molecule has 16 heavy (non-hydrogen) atoms. The average molecular weight is 261 g/mol. The molecule has 86 valence electrons. The number of carboxylic acid groups (broad SMARTS) is 1. The van der Waals surface area contributed by atoms with Crippen LogP contribution in [0.1, 0.15) is 12.8 Å². The molecule has 0 radical (unpaired) electrons. The summed E-state index contributed by atoms with van der Waals surface area (Å²) in [5.41, 5.74) is 0. The van der Waals surface area contributed by atoms with Crippen LogP contribution in [0.15, 0.2) is 29.2 Å². The fourth-order valence-corrected chi connectivity index (χ4v) is 3.49. The Kier molecular flexibility index (Phi) is 2.47. The van der Waals surface area contributed by atoms with Crippen molar-refractivity contribution < 1.29 is 18.3 Å². The molecular formula is C10H9ClO4S. The highest BCUT2D eigenvalue weighted by Gasteiger charge is 2.61. The van der Waals surface area contributed by atoms with E-state index in [1.54, 1.807) is 0 Å². The van der Waals surface area contributed by atoms with Crippen molar-refractivity contribution in [2.45, 2.75) is 22.5 Å². The molecule has 6 heteroatoms. The Morgan fingerprint density at radius 3 is 2.12 bits per heavy atom. The van der Waals surface area contributed by atoms with Crippen LogP contribution in [0.5, 0.6) is 0 Å². The van der Waals surface area contributed by atoms with Crippen molar-refractivity contribution in [2.75, 3.05) is 0 Å². The second-order valence-electron chi connectivity index (χ2n) is 3.76. The highest BCUT2D eigenvalue weighted by Crippen LogP contribution is 2.47. The van der Waals surface area contributed by atoms with E-state index in [0.717, 1.165) is 0 Å². The van der Waals surface area contributed by atoms with Gasteiger partial charge in [0.2, 0.25) is 0 Å². The molecule has 1 aliphatic rings. The summed E-state index contributed by atoms with van der Waals surface area (Å²) in [7, 11) is -3.80. The Morgan fingerprint density at radius 1 is 1.25 bits per heavy atom. The third-order valence-corrected chi connectivity index (χ3v) is 5.49. The number of carbonyl (C=O) groups is 1. The topological polar surface area (TPSA) is 71.4 Å². The number of benzene rings is 1. The summed E-state index contributed by atoms with van der Waals surface area (Å²) in [6.45, 7) is 0. The van der Waals surface area contributed by atoms with Crippen LogP contribution in [-0.4, -0.2) is 24.2 Å². The first-order chi connectivity index (χ1) is 7.40. The number of rotatable bonds is 3. The second-order valence-corrected chi connectivity index (χ2v) is 6.45. The zero-order valence-electron chi connectivity index (χ0n) is 8.18. The number of aliphatic carboxylic acids is 1. The first-order valence-electron chi connectivity index (χ1n) is 4.64. The van der Waals surface area contributed by atoms with Crippen LogP contribution in [0.25, 0.3) is 0 Å². The highest BCUT2D eigenvalue weighted by molar-refractivity contribution is 7.94. The lowest BCUT2D eigenvalue weighted by atomic mass is 10.4. The van der Waals surface area contributed by atoms with Gasteiger partial charge in [0.25, 0.3) is 0 Å². The van der Waals surface area contributed by atoms with Crippen molar-refractivity contribution in [1.29, 1.82) is 0 Å². The molecule has 1 fully saturated rings. The zero-order valence-corrected chi connectivity index (χ0v) is 9.75. The fourth-order valence-electron chi connectivity index (χ4n) is 1.55. The summed E-state index contributed by atoms with van der Waals surface area (Å²) in [6, 6.07) is 5.54. The van der Waals surface area contributed by atoms with Crippen molar-refractivity contribution >= 4 is 27.4 Å². The SMILES string of the molecule is O=C(O)C1(S(=O)(=O)c2ccc(Cl)cc2)CC1. The lowest BCUT2D eigenvalue weighted by molar-refractivity contribution is -0.137. The molecule has 0 aliphatic heterocycles. The summed E-state index contributed by atoms with van der Waals surface area (Å²) in [4.78, 5) is 11.0. The zero-order chi connectivity index (χ0) is 12.0. The van der Waals surface area contributed by atoms with Gasteiger partial charge >= 0.3 is 5.97 Å². The van der Waals surface area contributed by atoms with Gasteiger partial charge in [0.05, 0.1) is 4.90 Å². The van der Waals surface area contributed by atoms with Gasteiger partial charge in [-0.15, -0.1) is 0 Å². The van der Waals surface area contributed by atoms with Crippen LogP contribution in [-0.2, 0) is 14.6 Å². The Balaban J connectivity index is 2.48. The van der Waals surface area contributed by atoms with E-state index in [2.05, 4.69) is 0 Å². The van der Waals surface area contributed by atoms with E-state index in [9.17, 15) is 13.2 Å². The Morgan fingerprint density at radius 2 is 1.75 bits per heavy atom. The molecule has 0 atom stereocenters. The molecule has 1 saturated carbocycles. The maximum atomic E-state index is 12.0. The molecule has 1 N–H and O–H groups in total. The largest absolute Gasteiger partial charge is 0.480 e. The van der Waals surface area contributed by atoms with Gasteiger partial charge in [0, 0.05) is 5.02 Å². The maximum Gasteiger partial charge on any atom is 0.325 e. The van der Waals surface area contributed by atoms with Crippen molar-refractivity contribution in [3.05, 3.63) is 29.3 Å². The van der Waals surface area contributed by atoms with Gasteiger partial charge in [0.15, 0.2) is 14.6 Å². The third kappa shape index (κ3) is 1.51. The molecule has 2 rings (SSSR count). The lowest BCUT2D eigenvalue weighted by Crippen LogP contribution is -2.32. The molecule has 1 aromatic carbocycles. The summed E-state index contributed by atoms with van der Waals surface area (Å²) in [5.74, 6) is -1.28. The fraction of sp³-hybridized carbons (Fsp3) is 0.300. The van der Waals surface area contributed by atoms with Crippen LogP contribution in [0.3, 0.4) is 0 Å². The van der Waals surface area contributed by atoms with E-state index in [1.165, 1.54) is 24.3 Å². The molecule has 1 aliphatic carbocycles. The van der Waals surface area contributed by atoms with E-state index in [1.807, 2.05) is 0 Å². The van der Waals surface area contributed by atoms with E-state index in [4.69, 9.17) is 16.7 Å². The number of hydrogen-bond acceptors (Lipinski definition) is 3. The quantitative estimate of drug-likeness (QED) is 0.898. The van der Waals surface area contributed by atoms with Gasteiger partial charge in [0.1, 0.15) is 0 Å². The van der Waals surface area contributed by atoms with Gasteiger partial charge in [-0.1, -0.05) is 11.6 Å². The van der Waals surface area contributed by atoms with Crippen molar-refractivity contribution in [2.24, 2.45) is 0 Å². The first-order valence-corrected chi connectivity index (χ1v) is 6.50. The molecule has 1 aromatic rings. The van der Waals surface area contributed by atoms with Crippen LogP contribution in [0.2, 0.25) is 5.02 Å². The normalized spacial score (nSPS) is 18.1. The molecule has 0 spiro atoms. The van der Waals surface area contributed by atoms with Crippen molar-refractivity contribution in [1.82, 2.24) is 0 Å². The maximum absolute atomic E-state index is 12.0. The van der Waals surface area contributed by atoms with Crippen molar-refractivity contribution in [3.8, 4) is 0 Å². The van der Waals surface area contributed by atoms with Crippen molar-refractivity contribution in [3.63, 3.8) is 0 Å². The molecule has 0 unspecified atom stereocenters. The number of hydrogen-bond donors (Lipinski definition) is 1. The van der Waals surface area contributed by atoms with E-state index in [-0.39, 0.29) is 17.7 Å². The second kappa shape index (κ2) is 3.46. The third-order valence-electron chi connectivity index (χ3n) is 2.73. The van der Waals surface area contributed by atoms with Crippen LogP contribution >= 0.6 is 11.6 Å². The van der Waals surface area contributed by atoms with Gasteiger partial charge < -0.3 is 5.11 Å². The van der Waals surface area contributed by atoms with Crippen LogP contribution < -0.4 is 0 Å². The molecule has 0 saturated heterocycles. The van der Waals surface area contributed by atoms with Gasteiger partial charge in [-0.3, -0.25) is 4.79 Å². The molecule has 4 nitrogen and oxygen atoms in total. The summed E-state index contributed by atoms with van der Waals surface area (Å²) in [6.07, 6.45) is 0.348.